The second kappa shape index (κ2) is 18.2. The molecule has 0 aliphatic rings. The van der Waals surface area contributed by atoms with Gasteiger partial charge in [-0.25, -0.2) is 9.59 Å². The van der Waals surface area contributed by atoms with Crippen LogP contribution in [0, 0.1) is 0 Å². The van der Waals surface area contributed by atoms with E-state index in [4.69, 9.17) is 20.4 Å². The van der Waals surface area contributed by atoms with Gasteiger partial charge in [-0.15, -0.1) is 0 Å². The largest absolute Gasteiger partial charge is 1.00 e. The van der Waals surface area contributed by atoms with Crippen LogP contribution in [0.4, 0.5) is 0 Å². The Morgan fingerprint density at radius 1 is 0.621 bits per heavy atom. The summed E-state index contributed by atoms with van der Waals surface area (Å²) in [5, 5.41) is 53.6. The molecule has 166 valence electrons. The normalized spacial score (nSPS) is 13.2. The number of carbonyl (C=O) groups excluding carboxylic acids is 2. The molecular weight excluding hydrogens is 824 g/mol. The monoisotopic (exact) mass is 840 g/mol. The van der Waals surface area contributed by atoms with E-state index in [2.05, 4.69) is 4.74 Å². The van der Waals surface area contributed by atoms with Gasteiger partial charge in [0.15, 0.2) is 11.2 Å². The molecule has 2 unspecified atom stereocenters. The zero-order valence-electron chi connectivity index (χ0n) is 17.0. The number of aliphatic carboxylic acids is 4. The van der Waals surface area contributed by atoms with Gasteiger partial charge in [0.25, 0.3) is 0 Å². The first kappa shape index (κ1) is 41.0. The second-order valence-corrected chi connectivity index (χ2v) is 5.01. The molecule has 0 fully saturated rings. The topological polar surface area (TPSA) is 233 Å². The number of hydrogen-bond acceptors (Lipinski definition) is 9. The summed E-state index contributed by atoms with van der Waals surface area (Å²) in [5.41, 5.74) is -6.18. The van der Waals surface area contributed by atoms with Crippen molar-refractivity contribution in [2.24, 2.45) is 0 Å². The van der Waals surface area contributed by atoms with Crippen LogP contribution in [0.5, 0.6) is 0 Å². The van der Waals surface area contributed by atoms with Crippen LogP contribution in [0.1, 0.15) is 28.5 Å². The number of hydrogen-bond donors (Lipinski definition) is 6. The van der Waals surface area contributed by atoms with Crippen molar-refractivity contribution < 1.29 is 215 Å². The molecule has 17 heteroatoms. The number of aliphatic hydroxyl groups is 2. The average Bonchev–Trinajstić information content (AvgIpc) is 2.34. The number of carboxylic acids is 4. The Morgan fingerprint density at radius 2 is 0.862 bits per heavy atom. The third kappa shape index (κ3) is 16.0. The molecule has 0 aromatic carbocycles. The van der Waals surface area contributed by atoms with E-state index in [1.165, 1.54) is 0 Å². The van der Waals surface area contributed by atoms with Gasteiger partial charge < -0.3 is 38.2 Å². The first-order valence-corrected chi connectivity index (χ1v) is 6.30. The van der Waals surface area contributed by atoms with E-state index in [1.54, 1.807) is 0 Å². The van der Waals surface area contributed by atoms with Crippen LogP contribution in [0.25, 0.3) is 0 Å². The molecule has 0 saturated carbocycles. The smallest absolute Gasteiger partial charge is 1.00 e. The van der Waals surface area contributed by atoms with Gasteiger partial charge in [0.05, 0.1) is 25.7 Å². The van der Waals surface area contributed by atoms with Gasteiger partial charge in [-0.1, -0.05) is 0 Å². The van der Waals surface area contributed by atoms with Crippen molar-refractivity contribution in [3.8, 4) is 0 Å². The molecule has 0 amide bonds. The Labute approximate surface area is 282 Å². The van der Waals surface area contributed by atoms with Crippen molar-refractivity contribution >= 4 is 35.8 Å². The van der Waals surface area contributed by atoms with Crippen LogP contribution >= 0.6 is 0 Å². The molecule has 0 aliphatic carbocycles. The first-order chi connectivity index (χ1) is 11.2. The Morgan fingerprint density at radius 3 is 1.03 bits per heavy atom. The summed E-state index contributed by atoms with van der Waals surface area (Å²) in [6.07, 6.45) is -5.73. The minimum absolute atomic E-state index is 0. The number of carboxylic acid groups (broad SMARTS) is 4. The van der Waals surface area contributed by atoms with Gasteiger partial charge in [-0.3, -0.25) is 19.2 Å². The fourth-order valence-corrected chi connectivity index (χ4v) is 1.60. The Hall–Kier alpha value is 1.69. The maximum atomic E-state index is 11.4. The van der Waals surface area contributed by atoms with Crippen LogP contribution in [-0.4, -0.2) is 77.7 Å². The maximum absolute atomic E-state index is 11.4. The molecule has 0 aromatic heterocycles. The summed E-state index contributed by atoms with van der Waals surface area (Å²) in [5.74, 6) is -11.2. The molecule has 0 aromatic rings. The Kier molecular flexibility index (Phi) is 25.7. The predicted octanol–water partition coefficient (Wildman–Crippen LogP) is -8.35. The summed E-state index contributed by atoms with van der Waals surface area (Å²) in [6, 6.07) is 0. The fraction of sp³-hybridized carbons (Fsp3) is 0.500. The van der Waals surface area contributed by atoms with Gasteiger partial charge >= 0.3 is 139 Å². The van der Waals surface area contributed by atoms with Crippen LogP contribution in [0.3, 0.4) is 0 Å². The standard InChI is InChI=1S/C12H14O13.2Au.2K.2H/c13-5(14)1-11(23,9(19)20)3-7(17)25-8(18)4-12(24,10(21)22)2-6(15)16;;;;;;/h23-24H,1-4H2,(H,13,14)(H,15,16)(H,19,20)(H,21,22);;;;;;/q;;;2*+1;2*-1. The van der Waals surface area contributed by atoms with E-state index in [0.717, 1.165) is 0 Å². The van der Waals surface area contributed by atoms with E-state index in [1.807, 2.05) is 0 Å². The molecule has 29 heavy (non-hydrogen) atoms. The molecule has 0 spiro atoms. The zero-order valence-corrected chi connectivity index (χ0v) is 25.6. The molecule has 0 heterocycles. The molecule has 6 N–H and O–H groups in total. The van der Waals surface area contributed by atoms with E-state index in [0.29, 0.717) is 0 Å². The van der Waals surface area contributed by atoms with Gasteiger partial charge in [0.2, 0.25) is 0 Å². The first-order valence-electron chi connectivity index (χ1n) is 6.30. The summed E-state index contributed by atoms with van der Waals surface area (Å²) < 4.78 is 3.99. The average molecular weight is 840 g/mol. The van der Waals surface area contributed by atoms with Gasteiger partial charge in [-0.05, 0) is 0 Å². The zero-order chi connectivity index (χ0) is 20.0. The third-order valence-corrected chi connectivity index (χ3v) is 2.78. The number of carbonyl (C=O) groups is 6. The van der Waals surface area contributed by atoms with Crippen molar-refractivity contribution in [2.75, 3.05) is 0 Å². The molecule has 0 saturated heterocycles. The van der Waals surface area contributed by atoms with Crippen LogP contribution in [0.15, 0.2) is 0 Å². The summed E-state index contributed by atoms with van der Waals surface area (Å²) in [6.45, 7) is 0. The van der Waals surface area contributed by atoms with Crippen LogP contribution < -0.4 is 103 Å². The van der Waals surface area contributed by atoms with Gasteiger partial charge in [-0.2, -0.15) is 0 Å². The summed E-state index contributed by atoms with van der Waals surface area (Å²) in [7, 11) is 0. The SMILES string of the molecule is O=C(O)CC(O)(CC(=O)OC(=O)CC(O)(CC(=O)O)C(=O)O)C(=O)O.[Au].[Au].[H-].[H-].[K+].[K+]. The predicted molar refractivity (Wildman–Crippen MR) is 72.2 cm³/mol. The molecule has 0 bridgehead atoms. The summed E-state index contributed by atoms with van der Waals surface area (Å²) >= 11 is 0. The minimum atomic E-state index is -3.09. The molecule has 2 atom stereocenters. The van der Waals surface area contributed by atoms with Gasteiger partial charge in [0.1, 0.15) is 0 Å². The van der Waals surface area contributed by atoms with E-state index >= 15 is 0 Å². The van der Waals surface area contributed by atoms with Crippen molar-refractivity contribution in [2.45, 2.75) is 36.9 Å². The third-order valence-electron chi connectivity index (χ3n) is 2.78. The maximum Gasteiger partial charge on any atom is 1.00 e. The Bertz CT molecular complexity index is 588. The van der Waals surface area contributed by atoms with Gasteiger partial charge in [0, 0.05) is 44.8 Å². The number of rotatable bonds is 10. The van der Waals surface area contributed by atoms with Crippen molar-refractivity contribution in [1.29, 1.82) is 0 Å². The van der Waals surface area contributed by atoms with Crippen molar-refractivity contribution in [3.05, 3.63) is 0 Å². The quantitative estimate of drug-likeness (QED) is 0.0683. The fourth-order valence-electron chi connectivity index (χ4n) is 1.60. The molecule has 13 nitrogen and oxygen atoms in total. The Balaban J connectivity index is -0.000000192. The second-order valence-electron chi connectivity index (χ2n) is 5.01. The number of ether oxygens (including phenoxy) is 1. The van der Waals surface area contributed by atoms with Crippen LogP contribution in [-0.2, 0) is 78.3 Å². The van der Waals surface area contributed by atoms with Crippen LogP contribution in [0.2, 0.25) is 0 Å². The van der Waals surface area contributed by atoms with E-state index in [-0.39, 0.29) is 150 Å². The molecule has 2 radical (unpaired) electrons. The molecule has 0 rings (SSSR count). The van der Waals surface area contributed by atoms with E-state index in [9.17, 15) is 39.0 Å². The summed E-state index contributed by atoms with van der Waals surface area (Å²) in [4.78, 5) is 65.5. The van der Waals surface area contributed by atoms with E-state index < -0.39 is 72.7 Å². The number of esters is 2. The van der Waals surface area contributed by atoms with Crippen molar-refractivity contribution in [1.82, 2.24) is 0 Å². The van der Waals surface area contributed by atoms with Crippen molar-refractivity contribution in [3.63, 3.8) is 0 Å². The minimum Gasteiger partial charge on any atom is -1.00 e. The molecular formula is C12H16Au2K2O13. The molecule has 0 aliphatic heterocycles.